The molecule has 0 aliphatic carbocycles. The number of nitrogens with two attached hydrogens (primary N) is 1. The van der Waals surface area contributed by atoms with Gasteiger partial charge >= 0.3 is 12.1 Å². The van der Waals surface area contributed by atoms with Crippen LogP contribution in [0.4, 0.5) is 14.6 Å². The highest BCUT2D eigenvalue weighted by Crippen LogP contribution is 2.25. The lowest BCUT2D eigenvalue weighted by Crippen LogP contribution is -2.37. The highest BCUT2D eigenvalue weighted by atomic mass is 32.1. The van der Waals surface area contributed by atoms with Crippen LogP contribution >= 0.6 is 11.3 Å². The Balaban J connectivity index is 1.94. The molecule has 0 spiro atoms. The molecule has 1 saturated heterocycles. The van der Waals surface area contributed by atoms with Crippen LogP contribution in [0.3, 0.4) is 0 Å². The Morgan fingerprint density at radius 3 is 3.19 bits per heavy atom. The average Bonchev–Trinajstić information content (AvgIpc) is 2.83. The van der Waals surface area contributed by atoms with E-state index < -0.39 is 12.1 Å². The topological polar surface area (TPSA) is 84.7 Å². The zero-order valence-electron chi connectivity index (χ0n) is 8.38. The quantitative estimate of drug-likeness (QED) is 0.818. The number of amides is 3. The van der Waals surface area contributed by atoms with Crippen LogP contribution in [0.25, 0.3) is 0 Å². The van der Waals surface area contributed by atoms with Gasteiger partial charge in [-0.3, -0.25) is 4.90 Å². The van der Waals surface area contributed by atoms with Crippen LogP contribution in [0, 0.1) is 0 Å². The fraction of sp³-hybridized carbons (Fsp3) is 0.333. The SMILES string of the molecule is NC(=O)NCC1CN(c2cccs2)C(=O)O1. The van der Waals surface area contributed by atoms with Crippen molar-refractivity contribution in [3.8, 4) is 0 Å². The molecule has 1 atom stereocenters. The Bertz CT molecular complexity index is 393. The van der Waals surface area contributed by atoms with Crippen molar-refractivity contribution in [2.75, 3.05) is 18.0 Å². The van der Waals surface area contributed by atoms with Crippen molar-refractivity contribution in [2.45, 2.75) is 6.10 Å². The highest BCUT2D eigenvalue weighted by Gasteiger charge is 2.32. The zero-order valence-corrected chi connectivity index (χ0v) is 9.20. The number of urea groups is 1. The molecule has 2 rings (SSSR count). The number of rotatable bonds is 3. The van der Waals surface area contributed by atoms with E-state index in [2.05, 4.69) is 5.32 Å². The van der Waals surface area contributed by atoms with E-state index in [1.807, 2.05) is 17.5 Å². The Morgan fingerprint density at radius 1 is 1.75 bits per heavy atom. The van der Waals surface area contributed by atoms with Gasteiger partial charge in [-0.25, -0.2) is 9.59 Å². The molecule has 1 aromatic rings. The Morgan fingerprint density at radius 2 is 2.56 bits per heavy atom. The van der Waals surface area contributed by atoms with Crippen LogP contribution in [0.15, 0.2) is 17.5 Å². The second kappa shape index (κ2) is 4.40. The summed E-state index contributed by atoms with van der Waals surface area (Å²) in [4.78, 5) is 23.5. The lowest BCUT2D eigenvalue weighted by atomic mass is 10.3. The number of anilines is 1. The van der Waals surface area contributed by atoms with E-state index in [0.717, 1.165) is 5.00 Å². The normalized spacial score (nSPS) is 19.6. The minimum Gasteiger partial charge on any atom is -0.442 e. The van der Waals surface area contributed by atoms with Gasteiger partial charge in [-0.05, 0) is 17.5 Å². The second-order valence-electron chi connectivity index (χ2n) is 3.31. The molecule has 86 valence electrons. The van der Waals surface area contributed by atoms with E-state index >= 15 is 0 Å². The number of nitrogens with zero attached hydrogens (tertiary/aromatic N) is 1. The van der Waals surface area contributed by atoms with Crippen molar-refractivity contribution in [1.82, 2.24) is 5.32 Å². The van der Waals surface area contributed by atoms with Gasteiger partial charge in [0.1, 0.15) is 11.1 Å². The summed E-state index contributed by atoms with van der Waals surface area (Å²) in [6.07, 6.45) is -0.735. The van der Waals surface area contributed by atoms with Crippen molar-refractivity contribution in [1.29, 1.82) is 0 Å². The summed E-state index contributed by atoms with van der Waals surface area (Å²) in [6, 6.07) is 3.09. The van der Waals surface area contributed by atoms with Crippen LogP contribution in [-0.4, -0.2) is 31.3 Å². The summed E-state index contributed by atoms with van der Waals surface area (Å²) >= 11 is 1.46. The molecule has 1 aromatic heterocycles. The lowest BCUT2D eigenvalue weighted by molar-refractivity contribution is 0.141. The van der Waals surface area contributed by atoms with Crippen LogP contribution in [0.2, 0.25) is 0 Å². The number of carbonyl (C=O) groups is 2. The molecule has 6 nitrogen and oxygen atoms in total. The maximum atomic E-state index is 11.5. The molecular formula is C9H11N3O3S. The number of primary amides is 1. The number of cyclic esters (lactones) is 1. The number of hydrogen-bond donors (Lipinski definition) is 2. The molecule has 1 unspecified atom stereocenters. The van der Waals surface area contributed by atoms with Crippen LogP contribution in [0.1, 0.15) is 0 Å². The average molecular weight is 241 g/mol. The molecule has 1 aliphatic rings. The fourth-order valence-electron chi connectivity index (χ4n) is 1.45. The lowest BCUT2D eigenvalue weighted by Gasteiger charge is -2.09. The predicted octanol–water partition coefficient (Wildman–Crippen LogP) is 0.742. The molecule has 0 radical (unpaired) electrons. The predicted molar refractivity (Wildman–Crippen MR) is 59.5 cm³/mol. The van der Waals surface area contributed by atoms with E-state index in [0.29, 0.717) is 6.54 Å². The van der Waals surface area contributed by atoms with E-state index in [4.69, 9.17) is 10.5 Å². The van der Waals surface area contributed by atoms with Crippen molar-refractivity contribution >= 4 is 28.5 Å². The number of nitrogens with one attached hydrogen (secondary N) is 1. The van der Waals surface area contributed by atoms with Gasteiger partial charge in [-0.2, -0.15) is 0 Å². The Kier molecular flexibility index (Phi) is 2.95. The summed E-state index contributed by atoms with van der Waals surface area (Å²) < 4.78 is 5.07. The molecule has 16 heavy (non-hydrogen) atoms. The van der Waals surface area contributed by atoms with Gasteiger partial charge < -0.3 is 15.8 Å². The molecule has 0 saturated carbocycles. The van der Waals surface area contributed by atoms with Crippen molar-refractivity contribution in [3.63, 3.8) is 0 Å². The molecule has 3 amide bonds. The van der Waals surface area contributed by atoms with Crippen LogP contribution in [-0.2, 0) is 4.74 Å². The molecule has 3 N–H and O–H groups in total. The fourth-order valence-corrected chi connectivity index (χ4v) is 2.18. The van der Waals surface area contributed by atoms with Crippen LogP contribution < -0.4 is 16.0 Å². The standard InChI is InChI=1S/C9H11N3O3S/c10-8(13)11-4-6-5-12(9(14)15-6)7-2-1-3-16-7/h1-3,6H,4-5H2,(H3,10,11,13). The van der Waals surface area contributed by atoms with Gasteiger partial charge in [-0.15, -0.1) is 11.3 Å². The summed E-state index contributed by atoms with van der Waals surface area (Å²) in [6.45, 7) is 0.669. The number of carbonyl (C=O) groups excluding carboxylic acids is 2. The molecule has 2 heterocycles. The molecule has 1 fully saturated rings. The van der Waals surface area contributed by atoms with E-state index in [1.54, 1.807) is 0 Å². The van der Waals surface area contributed by atoms with Crippen LogP contribution in [0.5, 0.6) is 0 Å². The summed E-state index contributed by atoms with van der Waals surface area (Å²) in [5, 5.41) is 5.14. The highest BCUT2D eigenvalue weighted by molar-refractivity contribution is 7.14. The number of thiophene rings is 1. The maximum absolute atomic E-state index is 11.5. The van der Waals surface area contributed by atoms with E-state index in [-0.39, 0.29) is 12.6 Å². The minimum absolute atomic E-state index is 0.239. The molecule has 1 aliphatic heterocycles. The second-order valence-corrected chi connectivity index (χ2v) is 4.24. The first-order valence-corrected chi connectivity index (χ1v) is 5.60. The number of ether oxygens (including phenoxy) is 1. The van der Waals surface area contributed by atoms with Gasteiger partial charge in [0.15, 0.2) is 0 Å². The van der Waals surface area contributed by atoms with Crippen molar-refractivity contribution < 1.29 is 14.3 Å². The van der Waals surface area contributed by atoms with Crippen molar-refractivity contribution in [2.24, 2.45) is 5.73 Å². The largest absolute Gasteiger partial charge is 0.442 e. The third kappa shape index (κ3) is 2.25. The van der Waals surface area contributed by atoms with Crippen molar-refractivity contribution in [3.05, 3.63) is 17.5 Å². The Labute approximate surface area is 96.0 Å². The summed E-state index contributed by atoms with van der Waals surface area (Å²) in [5.74, 6) is 0. The first-order valence-electron chi connectivity index (χ1n) is 4.72. The molecule has 7 heteroatoms. The van der Waals surface area contributed by atoms with Gasteiger partial charge in [0, 0.05) is 0 Å². The third-order valence-electron chi connectivity index (χ3n) is 2.15. The molecule has 0 aromatic carbocycles. The minimum atomic E-state index is -0.620. The Hall–Kier alpha value is -1.76. The first kappa shape index (κ1) is 10.7. The van der Waals surface area contributed by atoms with Gasteiger partial charge in [0.2, 0.25) is 0 Å². The zero-order chi connectivity index (χ0) is 11.5. The smallest absolute Gasteiger partial charge is 0.415 e. The number of hydrogen-bond acceptors (Lipinski definition) is 4. The van der Waals surface area contributed by atoms with E-state index in [1.165, 1.54) is 16.2 Å². The van der Waals surface area contributed by atoms with Gasteiger partial charge in [-0.1, -0.05) is 0 Å². The van der Waals surface area contributed by atoms with Gasteiger partial charge in [0.25, 0.3) is 0 Å². The maximum Gasteiger partial charge on any atom is 0.415 e. The van der Waals surface area contributed by atoms with E-state index in [9.17, 15) is 9.59 Å². The first-order chi connectivity index (χ1) is 7.66. The monoisotopic (exact) mass is 241 g/mol. The van der Waals surface area contributed by atoms with Gasteiger partial charge in [0.05, 0.1) is 13.1 Å². The summed E-state index contributed by atoms with van der Waals surface area (Å²) in [5.41, 5.74) is 4.93. The molecule has 0 bridgehead atoms. The third-order valence-corrected chi connectivity index (χ3v) is 3.04. The molecular weight excluding hydrogens is 230 g/mol. The summed E-state index contributed by atoms with van der Waals surface area (Å²) in [7, 11) is 0.